The molecule has 0 bridgehead atoms. The van der Waals surface area contributed by atoms with Gasteiger partial charge in [0, 0.05) is 34.8 Å². The van der Waals surface area contributed by atoms with E-state index in [0.29, 0.717) is 16.7 Å². The van der Waals surface area contributed by atoms with Crippen LogP contribution in [0.4, 0.5) is 0 Å². The number of hydrogen-bond donors (Lipinski definition) is 0. The van der Waals surface area contributed by atoms with E-state index in [1.165, 1.54) is 21.0 Å². The molecule has 7 aromatic rings. The molecule has 0 unspecified atom stereocenters. The van der Waals surface area contributed by atoms with E-state index in [1.807, 2.05) is 60.7 Å². The van der Waals surface area contributed by atoms with Gasteiger partial charge in [-0.2, -0.15) is 9.78 Å². The van der Waals surface area contributed by atoms with Crippen LogP contribution in [0.2, 0.25) is 0 Å². The van der Waals surface area contributed by atoms with Crippen LogP contribution < -0.4 is 5.56 Å². The molecule has 0 atom stereocenters. The van der Waals surface area contributed by atoms with Crippen molar-refractivity contribution in [2.24, 2.45) is 5.10 Å². The van der Waals surface area contributed by atoms with Gasteiger partial charge in [-0.3, -0.25) is 4.79 Å². The van der Waals surface area contributed by atoms with Crippen LogP contribution in [0.5, 0.6) is 0 Å². The molecule has 0 fully saturated rings. The molecular weight excluding hydrogens is 480 g/mol. The third kappa shape index (κ3) is 4.10. The SMILES string of the molecule is O=c1c2ccccc2nc(-c2ccccc2)n1N=Cc1cn(Cc2cccc3ccccc23)c2ccccc12. The summed E-state index contributed by atoms with van der Waals surface area (Å²) in [5.41, 5.74) is 4.58. The highest BCUT2D eigenvalue weighted by Gasteiger charge is 2.13. The molecule has 0 aliphatic carbocycles. The van der Waals surface area contributed by atoms with Gasteiger partial charge in [0.1, 0.15) is 0 Å². The number of benzene rings is 5. The van der Waals surface area contributed by atoms with E-state index in [1.54, 1.807) is 12.3 Å². The second-order valence-corrected chi connectivity index (χ2v) is 9.55. The van der Waals surface area contributed by atoms with Gasteiger partial charge in [-0.15, -0.1) is 0 Å². The molecule has 186 valence electrons. The summed E-state index contributed by atoms with van der Waals surface area (Å²) in [7, 11) is 0. The van der Waals surface area contributed by atoms with Crippen LogP contribution in [0.1, 0.15) is 11.1 Å². The van der Waals surface area contributed by atoms with Crippen molar-refractivity contribution in [2.45, 2.75) is 6.54 Å². The Morgan fingerprint density at radius 2 is 1.38 bits per heavy atom. The molecular formula is C34H24N4O. The molecule has 5 heteroatoms. The molecule has 0 N–H and O–H groups in total. The maximum absolute atomic E-state index is 13.6. The normalized spacial score (nSPS) is 11.7. The summed E-state index contributed by atoms with van der Waals surface area (Å²) >= 11 is 0. The molecule has 5 nitrogen and oxygen atoms in total. The van der Waals surface area contributed by atoms with Gasteiger partial charge in [0.15, 0.2) is 5.82 Å². The fourth-order valence-electron chi connectivity index (χ4n) is 5.25. The average molecular weight is 505 g/mol. The highest BCUT2D eigenvalue weighted by atomic mass is 16.1. The molecule has 0 aliphatic rings. The summed E-state index contributed by atoms with van der Waals surface area (Å²) in [4.78, 5) is 18.4. The smallest absolute Gasteiger partial charge is 0.282 e. The molecule has 0 spiro atoms. The fourth-order valence-corrected chi connectivity index (χ4v) is 5.25. The molecule has 2 aromatic heterocycles. The molecule has 0 aliphatic heterocycles. The lowest BCUT2D eigenvalue weighted by Crippen LogP contribution is -2.20. The fraction of sp³-hybridized carbons (Fsp3) is 0.0294. The van der Waals surface area contributed by atoms with Crippen molar-refractivity contribution < 1.29 is 0 Å². The monoisotopic (exact) mass is 504 g/mol. The number of hydrogen-bond acceptors (Lipinski definition) is 3. The number of rotatable bonds is 5. The Balaban J connectivity index is 1.36. The maximum Gasteiger partial charge on any atom is 0.282 e. The van der Waals surface area contributed by atoms with E-state index < -0.39 is 0 Å². The summed E-state index contributed by atoms with van der Waals surface area (Å²) < 4.78 is 3.66. The zero-order valence-electron chi connectivity index (χ0n) is 21.1. The number of para-hydroxylation sites is 2. The molecule has 0 saturated carbocycles. The van der Waals surface area contributed by atoms with Crippen LogP contribution in [0, 0.1) is 0 Å². The Kier molecular flexibility index (Phi) is 5.60. The number of fused-ring (bicyclic) bond motifs is 3. The van der Waals surface area contributed by atoms with Crippen LogP contribution in [-0.4, -0.2) is 20.4 Å². The summed E-state index contributed by atoms with van der Waals surface area (Å²) in [5.74, 6) is 0.509. The van der Waals surface area contributed by atoms with Crippen LogP contribution >= 0.6 is 0 Å². The Labute approximate surface area is 224 Å². The van der Waals surface area contributed by atoms with Crippen molar-refractivity contribution in [1.29, 1.82) is 0 Å². The standard InChI is InChI=1S/C34H24N4O/c39-34-30-18-6-8-19-31(30)36-33(25-12-2-1-3-13-25)38(34)35-21-27-23-37(32-20-9-7-17-29(27)32)22-26-15-10-14-24-11-4-5-16-28(24)26/h1-21,23H,22H2. The molecule has 7 rings (SSSR count). The summed E-state index contributed by atoms with van der Waals surface area (Å²) in [6.07, 6.45) is 3.88. The molecule has 5 aromatic carbocycles. The predicted molar refractivity (Wildman–Crippen MR) is 159 cm³/mol. The summed E-state index contributed by atoms with van der Waals surface area (Å²) in [6, 6.07) is 40.3. The van der Waals surface area contributed by atoms with E-state index >= 15 is 0 Å². The van der Waals surface area contributed by atoms with E-state index in [0.717, 1.165) is 28.6 Å². The van der Waals surface area contributed by atoms with Gasteiger partial charge >= 0.3 is 0 Å². The molecule has 2 heterocycles. The highest BCUT2D eigenvalue weighted by Crippen LogP contribution is 2.25. The van der Waals surface area contributed by atoms with Gasteiger partial charge < -0.3 is 4.57 Å². The second kappa shape index (κ2) is 9.54. The average Bonchev–Trinajstić information content (AvgIpc) is 3.34. The first-order chi connectivity index (χ1) is 19.3. The third-order valence-corrected chi connectivity index (χ3v) is 7.14. The Morgan fingerprint density at radius 3 is 2.26 bits per heavy atom. The summed E-state index contributed by atoms with van der Waals surface area (Å²) in [6.45, 7) is 0.725. The lowest BCUT2D eigenvalue weighted by Gasteiger charge is -2.09. The second-order valence-electron chi connectivity index (χ2n) is 9.55. The van der Waals surface area contributed by atoms with E-state index in [4.69, 9.17) is 10.1 Å². The number of aromatic nitrogens is 3. The van der Waals surface area contributed by atoms with Crippen molar-refractivity contribution in [1.82, 2.24) is 14.2 Å². The van der Waals surface area contributed by atoms with Crippen LogP contribution in [-0.2, 0) is 6.54 Å². The first-order valence-corrected chi connectivity index (χ1v) is 12.9. The zero-order valence-corrected chi connectivity index (χ0v) is 21.1. The Bertz CT molecular complexity index is 2060. The van der Waals surface area contributed by atoms with E-state index in [9.17, 15) is 4.79 Å². The number of nitrogens with zero attached hydrogens (tertiary/aromatic N) is 4. The van der Waals surface area contributed by atoms with Crippen molar-refractivity contribution in [2.75, 3.05) is 0 Å². The lowest BCUT2D eigenvalue weighted by atomic mass is 10.0. The molecule has 0 radical (unpaired) electrons. The largest absolute Gasteiger partial charge is 0.342 e. The van der Waals surface area contributed by atoms with E-state index in [-0.39, 0.29) is 5.56 Å². The van der Waals surface area contributed by atoms with Gasteiger partial charge in [0.2, 0.25) is 0 Å². The van der Waals surface area contributed by atoms with Gasteiger partial charge in [-0.05, 0) is 34.5 Å². The van der Waals surface area contributed by atoms with Crippen molar-refractivity contribution in [3.63, 3.8) is 0 Å². The molecule has 39 heavy (non-hydrogen) atoms. The highest BCUT2D eigenvalue weighted by molar-refractivity contribution is 5.99. The minimum absolute atomic E-state index is 0.199. The minimum atomic E-state index is -0.199. The quantitative estimate of drug-likeness (QED) is 0.235. The van der Waals surface area contributed by atoms with Crippen LogP contribution in [0.25, 0.3) is 44.0 Å². The maximum atomic E-state index is 13.6. The topological polar surface area (TPSA) is 52.2 Å². The van der Waals surface area contributed by atoms with Crippen molar-refractivity contribution >= 4 is 38.8 Å². The van der Waals surface area contributed by atoms with Crippen LogP contribution in [0.15, 0.2) is 137 Å². The first-order valence-electron chi connectivity index (χ1n) is 12.9. The first kappa shape index (κ1) is 22.9. The zero-order chi connectivity index (χ0) is 26.2. The molecule has 0 saturated heterocycles. The molecule has 0 amide bonds. The Hall–Kier alpha value is -5.29. The lowest BCUT2D eigenvalue weighted by molar-refractivity contribution is 0.827. The third-order valence-electron chi connectivity index (χ3n) is 7.14. The predicted octanol–water partition coefficient (Wildman–Crippen LogP) is 7.10. The van der Waals surface area contributed by atoms with Crippen molar-refractivity contribution in [3.05, 3.63) is 149 Å². The van der Waals surface area contributed by atoms with Gasteiger partial charge in [-0.25, -0.2) is 4.98 Å². The van der Waals surface area contributed by atoms with Gasteiger partial charge in [0.25, 0.3) is 5.56 Å². The van der Waals surface area contributed by atoms with E-state index in [2.05, 4.69) is 65.4 Å². The van der Waals surface area contributed by atoms with Gasteiger partial charge in [-0.1, -0.05) is 103 Å². The van der Waals surface area contributed by atoms with Gasteiger partial charge in [0.05, 0.1) is 17.1 Å². The minimum Gasteiger partial charge on any atom is -0.342 e. The van der Waals surface area contributed by atoms with Crippen molar-refractivity contribution in [3.8, 4) is 11.4 Å². The Morgan fingerprint density at radius 1 is 0.692 bits per heavy atom. The van der Waals surface area contributed by atoms with Crippen LogP contribution in [0.3, 0.4) is 0 Å². The summed E-state index contributed by atoms with van der Waals surface area (Å²) in [5, 5.41) is 8.81.